The number of fused-ring (bicyclic) bond motifs is 1. The van der Waals surface area contributed by atoms with Crippen molar-refractivity contribution in [3.63, 3.8) is 0 Å². The minimum atomic E-state index is -0.149. The normalized spacial score (nSPS) is 10.9. The molecular formula is C16H19N5OS. The zero-order valence-corrected chi connectivity index (χ0v) is 14.0. The Hall–Kier alpha value is -2.41. The van der Waals surface area contributed by atoms with Crippen molar-refractivity contribution in [1.82, 2.24) is 19.9 Å². The van der Waals surface area contributed by atoms with Gasteiger partial charge in [0, 0.05) is 31.9 Å². The predicted octanol–water partition coefficient (Wildman–Crippen LogP) is 2.43. The highest BCUT2D eigenvalue weighted by molar-refractivity contribution is 7.13. The fourth-order valence-corrected chi connectivity index (χ4v) is 3.17. The van der Waals surface area contributed by atoms with Crippen LogP contribution in [0.2, 0.25) is 0 Å². The number of hydrogen-bond donors (Lipinski definition) is 2. The third-order valence-corrected chi connectivity index (χ3v) is 4.38. The number of nitrogens with one attached hydrogen (secondary N) is 2. The van der Waals surface area contributed by atoms with E-state index in [0.717, 1.165) is 28.5 Å². The number of hydrogen-bond acceptors (Lipinski definition) is 5. The van der Waals surface area contributed by atoms with E-state index >= 15 is 0 Å². The number of rotatable bonds is 6. The number of thiazole rings is 1. The molecule has 3 rings (SSSR count). The summed E-state index contributed by atoms with van der Waals surface area (Å²) in [5, 5.41) is 8.54. The molecule has 0 unspecified atom stereocenters. The lowest BCUT2D eigenvalue weighted by atomic mass is 10.3. The minimum absolute atomic E-state index is 0.149. The summed E-state index contributed by atoms with van der Waals surface area (Å²) in [6.45, 7) is 3.32. The molecule has 0 spiro atoms. The van der Waals surface area contributed by atoms with Crippen molar-refractivity contribution in [1.29, 1.82) is 0 Å². The van der Waals surface area contributed by atoms with E-state index in [-0.39, 0.29) is 5.91 Å². The number of carbonyl (C=O) groups excluding carboxylic acids is 1. The third kappa shape index (κ3) is 3.34. The molecule has 0 aliphatic rings. The molecule has 6 nitrogen and oxygen atoms in total. The molecule has 0 fully saturated rings. The highest BCUT2D eigenvalue weighted by Gasteiger charge is 2.11. The number of anilines is 1. The van der Waals surface area contributed by atoms with Crippen molar-refractivity contribution < 1.29 is 4.79 Å². The molecular weight excluding hydrogens is 310 g/mol. The fraction of sp³-hybridized carbons (Fsp3) is 0.312. The first-order chi connectivity index (χ1) is 11.2. The molecule has 2 heterocycles. The number of benzene rings is 1. The monoisotopic (exact) mass is 329 g/mol. The average Bonchev–Trinajstić information content (AvgIpc) is 3.14. The SMILES string of the molecule is CCNc1nc(C(=O)NCCc2nc3ccccc3n2C)cs1. The minimum Gasteiger partial charge on any atom is -0.362 e. The topological polar surface area (TPSA) is 71.8 Å². The van der Waals surface area contributed by atoms with Crippen LogP contribution in [0.15, 0.2) is 29.6 Å². The number of imidazole rings is 1. The van der Waals surface area contributed by atoms with Crippen LogP contribution in [0.3, 0.4) is 0 Å². The van der Waals surface area contributed by atoms with Gasteiger partial charge in [-0.3, -0.25) is 4.79 Å². The molecule has 2 N–H and O–H groups in total. The molecule has 0 saturated carbocycles. The number of para-hydroxylation sites is 2. The zero-order valence-electron chi connectivity index (χ0n) is 13.2. The smallest absolute Gasteiger partial charge is 0.270 e. The Morgan fingerprint density at radius 2 is 2.13 bits per heavy atom. The second-order valence-corrected chi connectivity index (χ2v) is 6.01. The number of amides is 1. The molecule has 1 amide bonds. The Labute approximate surface area is 138 Å². The van der Waals surface area contributed by atoms with E-state index in [4.69, 9.17) is 0 Å². The highest BCUT2D eigenvalue weighted by atomic mass is 32.1. The second kappa shape index (κ2) is 6.78. The van der Waals surface area contributed by atoms with Crippen LogP contribution in [-0.4, -0.2) is 33.5 Å². The Balaban J connectivity index is 1.59. The molecule has 3 aromatic rings. The van der Waals surface area contributed by atoms with Crippen LogP contribution in [0.1, 0.15) is 23.2 Å². The van der Waals surface area contributed by atoms with Gasteiger partial charge < -0.3 is 15.2 Å². The summed E-state index contributed by atoms with van der Waals surface area (Å²) in [5.74, 6) is 0.808. The van der Waals surface area contributed by atoms with Crippen LogP contribution < -0.4 is 10.6 Å². The lowest BCUT2D eigenvalue weighted by Gasteiger charge is -2.04. The largest absolute Gasteiger partial charge is 0.362 e. The maximum absolute atomic E-state index is 12.1. The molecule has 0 bridgehead atoms. The second-order valence-electron chi connectivity index (χ2n) is 5.15. The first-order valence-electron chi connectivity index (χ1n) is 7.57. The van der Waals surface area contributed by atoms with Gasteiger partial charge in [0.15, 0.2) is 5.13 Å². The maximum atomic E-state index is 12.1. The van der Waals surface area contributed by atoms with Gasteiger partial charge >= 0.3 is 0 Å². The lowest BCUT2D eigenvalue weighted by molar-refractivity contribution is 0.0949. The van der Waals surface area contributed by atoms with Gasteiger partial charge in [-0.25, -0.2) is 9.97 Å². The molecule has 0 aliphatic carbocycles. The van der Waals surface area contributed by atoms with Gasteiger partial charge in [-0.1, -0.05) is 12.1 Å². The number of aryl methyl sites for hydroxylation is 1. The zero-order chi connectivity index (χ0) is 16.2. The van der Waals surface area contributed by atoms with Crippen LogP contribution in [0.25, 0.3) is 11.0 Å². The highest BCUT2D eigenvalue weighted by Crippen LogP contribution is 2.15. The molecule has 7 heteroatoms. The molecule has 0 atom stereocenters. The number of carbonyl (C=O) groups is 1. The average molecular weight is 329 g/mol. The summed E-state index contributed by atoms with van der Waals surface area (Å²) in [5.41, 5.74) is 2.53. The van der Waals surface area contributed by atoms with Gasteiger partial charge in [-0.05, 0) is 19.1 Å². The summed E-state index contributed by atoms with van der Waals surface area (Å²) in [6.07, 6.45) is 0.682. The van der Waals surface area contributed by atoms with Crippen LogP contribution in [-0.2, 0) is 13.5 Å². The van der Waals surface area contributed by atoms with Crippen LogP contribution in [0, 0.1) is 0 Å². The number of nitrogens with zero attached hydrogens (tertiary/aromatic N) is 3. The van der Waals surface area contributed by atoms with Crippen LogP contribution in [0.4, 0.5) is 5.13 Å². The molecule has 120 valence electrons. The van der Waals surface area contributed by atoms with Gasteiger partial charge in [0.05, 0.1) is 11.0 Å². The summed E-state index contributed by atoms with van der Waals surface area (Å²) >= 11 is 1.44. The first-order valence-corrected chi connectivity index (χ1v) is 8.45. The Morgan fingerprint density at radius 3 is 2.91 bits per heavy atom. The van der Waals surface area contributed by atoms with E-state index in [0.29, 0.717) is 18.7 Å². The number of aromatic nitrogens is 3. The van der Waals surface area contributed by atoms with Crippen LogP contribution in [0.5, 0.6) is 0 Å². The van der Waals surface area contributed by atoms with E-state index < -0.39 is 0 Å². The molecule has 2 aromatic heterocycles. The Morgan fingerprint density at radius 1 is 1.30 bits per heavy atom. The van der Waals surface area contributed by atoms with Gasteiger partial charge in [0.25, 0.3) is 5.91 Å². The lowest BCUT2D eigenvalue weighted by Crippen LogP contribution is -2.26. The Kier molecular flexibility index (Phi) is 4.57. The van der Waals surface area contributed by atoms with E-state index in [9.17, 15) is 4.79 Å². The third-order valence-electron chi connectivity index (χ3n) is 3.58. The molecule has 23 heavy (non-hydrogen) atoms. The quantitative estimate of drug-likeness (QED) is 0.728. The van der Waals surface area contributed by atoms with Crippen molar-refractivity contribution in [2.45, 2.75) is 13.3 Å². The van der Waals surface area contributed by atoms with E-state index in [1.165, 1.54) is 11.3 Å². The van der Waals surface area contributed by atoms with Gasteiger partial charge in [-0.2, -0.15) is 0 Å². The van der Waals surface area contributed by atoms with Crippen molar-refractivity contribution in [3.05, 3.63) is 41.2 Å². The molecule has 0 aliphatic heterocycles. The van der Waals surface area contributed by atoms with Crippen molar-refractivity contribution in [2.75, 3.05) is 18.4 Å². The fourth-order valence-electron chi connectivity index (χ4n) is 2.41. The summed E-state index contributed by atoms with van der Waals surface area (Å²) in [6, 6.07) is 8.02. The maximum Gasteiger partial charge on any atom is 0.270 e. The van der Waals surface area contributed by atoms with E-state index in [1.807, 2.05) is 38.2 Å². The van der Waals surface area contributed by atoms with Gasteiger partial charge in [0.1, 0.15) is 11.5 Å². The molecule has 0 radical (unpaired) electrons. The Bertz CT molecular complexity index is 823. The standard InChI is InChI=1S/C16H19N5OS/c1-3-17-16-20-12(10-23-16)15(22)18-9-8-14-19-11-6-4-5-7-13(11)21(14)2/h4-7,10H,3,8-9H2,1-2H3,(H,17,20)(H,18,22). The van der Waals surface area contributed by atoms with Crippen molar-refractivity contribution >= 4 is 33.4 Å². The first kappa shape index (κ1) is 15.5. The summed E-state index contributed by atoms with van der Waals surface area (Å²) < 4.78 is 2.06. The van der Waals surface area contributed by atoms with E-state index in [2.05, 4.69) is 25.2 Å². The van der Waals surface area contributed by atoms with Gasteiger partial charge in [-0.15, -0.1) is 11.3 Å². The summed E-state index contributed by atoms with van der Waals surface area (Å²) in [4.78, 5) is 20.9. The van der Waals surface area contributed by atoms with Crippen LogP contribution >= 0.6 is 11.3 Å². The molecule has 1 aromatic carbocycles. The van der Waals surface area contributed by atoms with Crippen molar-refractivity contribution in [2.24, 2.45) is 7.05 Å². The molecule has 0 saturated heterocycles. The van der Waals surface area contributed by atoms with Crippen molar-refractivity contribution in [3.8, 4) is 0 Å². The predicted molar refractivity (Wildman–Crippen MR) is 93.0 cm³/mol. The van der Waals surface area contributed by atoms with E-state index in [1.54, 1.807) is 5.38 Å². The van der Waals surface area contributed by atoms with Gasteiger partial charge in [0.2, 0.25) is 0 Å². The summed E-state index contributed by atoms with van der Waals surface area (Å²) in [7, 11) is 2.00.